The van der Waals surface area contributed by atoms with Gasteiger partial charge in [-0.05, 0) is 12.1 Å². The zero-order valence-corrected chi connectivity index (χ0v) is 12.4. The minimum Gasteiger partial charge on any atom is -0.376 e. The monoisotopic (exact) mass is 302 g/mol. The summed E-state index contributed by atoms with van der Waals surface area (Å²) in [5.41, 5.74) is 1.25. The van der Waals surface area contributed by atoms with Gasteiger partial charge in [-0.2, -0.15) is 0 Å². The van der Waals surface area contributed by atoms with Gasteiger partial charge in [-0.25, -0.2) is 4.98 Å². The van der Waals surface area contributed by atoms with Gasteiger partial charge in [0.25, 0.3) is 0 Å². The molecule has 0 radical (unpaired) electrons. The molecule has 0 fully saturated rings. The first-order valence-electron chi connectivity index (χ1n) is 6.63. The van der Waals surface area contributed by atoms with E-state index in [-0.39, 0.29) is 29.0 Å². The summed E-state index contributed by atoms with van der Waals surface area (Å²) in [5, 5.41) is 3.19. The summed E-state index contributed by atoms with van der Waals surface area (Å²) in [7, 11) is 0. The fourth-order valence-electron chi connectivity index (χ4n) is 1.80. The Kier molecular flexibility index (Phi) is 5.06. The van der Waals surface area contributed by atoms with Crippen LogP contribution in [0.3, 0.4) is 0 Å². The van der Waals surface area contributed by atoms with Crippen LogP contribution in [0.15, 0.2) is 42.5 Å². The topological polar surface area (TPSA) is 59.1 Å². The van der Waals surface area contributed by atoms with Crippen LogP contribution < -0.4 is 5.32 Å². The standard InChI is InChI=1S/C16H15ClN2O2/c1-2-12(20)10-18-13-8-9-14(17)19-15(13)16(21)11-6-4-3-5-7-11/h3-9,18H,2,10H2,1H3. The molecule has 0 unspecified atom stereocenters. The van der Waals surface area contributed by atoms with Crippen molar-refractivity contribution in [2.24, 2.45) is 0 Å². The van der Waals surface area contributed by atoms with Crippen molar-refractivity contribution in [2.45, 2.75) is 13.3 Å². The van der Waals surface area contributed by atoms with Crippen molar-refractivity contribution in [2.75, 3.05) is 11.9 Å². The van der Waals surface area contributed by atoms with Crippen molar-refractivity contribution >= 4 is 28.9 Å². The number of rotatable bonds is 6. The molecule has 4 nitrogen and oxygen atoms in total. The van der Waals surface area contributed by atoms with E-state index in [9.17, 15) is 9.59 Å². The summed E-state index contributed by atoms with van der Waals surface area (Å²) in [6, 6.07) is 12.1. The van der Waals surface area contributed by atoms with Gasteiger partial charge in [0.15, 0.2) is 5.78 Å². The van der Waals surface area contributed by atoms with Crippen LogP contribution in [-0.2, 0) is 4.79 Å². The Morgan fingerprint density at radius 3 is 2.52 bits per heavy atom. The van der Waals surface area contributed by atoms with Gasteiger partial charge in [0.2, 0.25) is 5.78 Å². The molecular weight excluding hydrogens is 288 g/mol. The van der Waals surface area contributed by atoms with Crippen molar-refractivity contribution in [1.29, 1.82) is 0 Å². The normalized spacial score (nSPS) is 10.2. The Morgan fingerprint density at radius 1 is 1.14 bits per heavy atom. The molecule has 0 saturated heterocycles. The van der Waals surface area contributed by atoms with Gasteiger partial charge >= 0.3 is 0 Å². The van der Waals surface area contributed by atoms with Gasteiger partial charge in [-0.1, -0.05) is 48.9 Å². The van der Waals surface area contributed by atoms with Crippen LogP contribution in [0.5, 0.6) is 0 Å². The second-order valence-electron chi connectivity index (χ2n) is 4.47. The molecule has 1 N–H and O–H groups in total. The number of nitrogens with zero attached hydrogens (tertiary/aromatic N) is 1. The van der Waals surface area contributed by atoms with Gasteiger partial charge in [-0.15, -0.1) is 0 Å². The second kappa shape index (κ2) is 6.99. The van der Waals surface area contributed by atoms with Crippen LogP contribution in [0.25, 0.3) is 0 Å². The fraction of sp³-hybridized carbons (Fsp3) is 0.188. The van der Waals surface area contributed by atoms with Crippen molar-refractivity contribution in [3.63, 3.8) is 0 Å². The lowest BCUT2D eigenvalue weighted by atomic mass is 10.1. The lowest BCUT2D eigenvalue weighted by molar-refractivity contribution is -0.117. The van der Waals surface area contributed by atoms with E-state index >= 15 is 0 Å². The number of Topliss-reactive ketones (excluding diaryl/α,β-unsaturated/α-hetero) is 1. The summed E-state index contributed by atoms with van der Waals surface area (Å²) >= 11 is 5.88. The number of aromatic nitrogens is 1. The number of hydrogen-bond acceptors (Lipinski definition) is 4. The zero-order chi connectivity index (χ0) is 15.2. The SMILES string of the molecule is CCC(=O)CNc1ccc(Cl)nc1C(=O)c1ccccc1. The van der Waals surface area contributed by atoms with Gasteiger partial charge in [0.05, 0.1) is 12.2 Å². The Bertz CT molecular complexity index is 657. The van der Waals surface area contributed by atoms with Crippen molar-refractivity contribution in [3.8, 4) is 0 Å². The molecule has 0 aliphatic rings. The first kappa shape index (κ1) is 15.2. The number of hydrogen-bond donors (Lipinski definition) is 1. The maximum atomic E-state index is 12.5. The number of ketones is 2. The summed E-state index contributed by atoms with van der Waals surface area (Å²) in [5.74, 6) is -0.174. The predicted octanol–water partition coefficient (Wildman–Crippen LogP) is 3.36. The van der Waals surface area contributed by atoms with E-state index in [1.807, 2.05) is 6.07 Å². The van der Waals surface area contributed by atoms with E-state index in [2.05, 4.69) is 10.3 Å². The first-order valence-corrected chi connectivity index (χ1v) is 7.01. The van der Waals surface area contributed by atoms with E-state index in [1.165, 1.54) is 0 Å². The molecule has 1 aromatic carbocycles. The van der Waals surface area contributed by atoms with Crippen LogP contribution in [-0.4, -0.2) is 23.1 Å². The van der Waals surface area contributed by atoms with Crippen molar-refractivity contribution in [1.82, 2.24) is 4.98 Å². The Morgan fingerprint density at radius 2 is 1.86 bits per heavy atom. The molecule has 0 aliphatic carbocycles. The third-order valence-corrected chi connectivity index (χ3v) is 3.19. The zero-order valence-electron chi connectivity index (χ0n) is 11.6. The second-order valence-corrected chi connectivity index (χ2v) is 4.86. The molecule has 2 aromatic rings. The molecular formula is C16H15ClN2O2. The van der Waals surface area contributed by atoms with Crippen LogP contribution >= 0.6 is 11.6 Å². The highest BCUT2D eigenvalue weighted by atomic mass is 35.5. The summed E-state index contributed by atoms with van der Waals surface area (Å²) in [6.45, 7) is 1.95. The molecule has 0 amide bonds. The number of halogens is 1. The molecule has 5 heteroatoms. The Labute approximate surface area is 128 Å². The number of anilines is 1. The molecule has 0 atom stereocenters. The molecule has 0 saturated carbocycles. The summed E-state index contributed by atoms with van der Waals surface area (Å²) < 4.78 is 0. The number of nitrogens with one attached hydrogen (secondary N) is 1. The van der Waals surface area contributed by atoms with E-state index in [0.29, 0.717) is 17.7 Å². The maximum absolute atomic E-state index is 12.5. The van der Waals surface area contributed by atoms with Crippen molar-refractivity contribution in [3.05, 3.63) is 58.9 Å². The smallest absolute Gasteiger partial charge is 0.213 e. The number of benzene rings is 1. The van der Waals surface area contributed by atoms with Gasteiger partial charge in [0.1, 0.15) is 10.8 Å². The lowest BCUT2D eigenvalue weighted by Crippen LogP contribution is -2.16. The average Bonchev–Trinajstić information content (AvgIpc) is 2.53. The predicted molar refractivity (Wildman–Crippen MR) is 82.9 cm³/mol. The average molecular weight is 303 g/mol. The fourth-order valence-corrected chi connectivity index (χ4v) is 1.94. The molecule has 0 aliphatic heterocycles. The molecule has 21 heavy (non-hydrogen) atoms. The molecule has 108 valence electrons. The lowest BCUT2D eigenvalue weighted by Gasteiger charge is -2.10. The minimum absolute atomic E-state index is 0.0584. The van der Waals surface area contributed by atoms with Crippen LogP contribution in [0, 0.1) is 0 Å². The molecule has 2 rings (SSSR count). The molecule has 1 aromatic heterocycles. The highest BCUT2D eigenvalue weighted by Gasteiger charge is 2.16. The third kappa shape index (κ3) is 3.89. The highest BCUT2D eigenvalue weighted by Crippen LogP contribution is 2.20. The number of carbonyl (C=O) groups excluding carboxylic acids is 2. The van der Waals surface area contributed by atoms with Crippen LogP contribution in [0.2, 0.25) is 5.15 Å². The number of carbonyl (C=O) groups is 2. The van der Waals surface area contributed by atoms with Crippen LogP contribution in [0.4, 0.5) is 5.69 Å². The minimum atomic E-state index is -0.232. The maximum Gasteiger partial charge on any atom is 0.213 e. The highest BCUT2D eigenvalue weighted by molar-refractivity contribution is 6.29. The van der Waals surface area contributed by atoms with E-state index in [4.69, 9.17) is 11.6 Å². The number of pyridine rings is 1. The van der Waals surface area contributed by atoms with Crippen molar-refractivity contribution < 1.29 is 9.59 Å². The molecule has 1 heterocycles. The van der Waals surface area contributed by atoms with Gasteiger partial charge in [-0.3, -0.25) is 9.59 Å². The summed E-state index contributed by atoms with van der Waals surface area (Å²) in [4.78, 5) is 28.0. The van der Waals surface area contributed by atoms with Crippen LogP contribution in [0.1, 0.15) is 29.4 Å². The van der Waals surface area contributed by atoms with Gasteiger partial charge < -0.3 is 5.32 Å². The quantitative estimate of drug-likeness (QED) is 0.656. The summed E-state index contributed by atoms with van der Waals surface area (Å²) in [6.07, 6.45) is 0.440. The van der Waals surface area contributed by atoms with E-state index in [1.54, 1.807) is 43.3 Å². The van der Waals surface area contributed by atoms with Gasteiger partial charge in [0, 0.05) is 12.0 Å². The Balaban J connectivity index is 2.31. The molecule has 0 bridgehead atoms. The van der Waals surface area contributed by atoms with E-state index < -0.39 is 0 Å². The molecule has 0 spiro atoms. The largest absolute Gasteiger partial charge is 0.376 e. The Hall–Kier alpha value is -2.20. The third-order valence-electron chi connectivity index (χ3n) is 2.98. The van der Waals surface area contributed by atoms with E-state index in [0.717, 1.165) is 0 Å². The first-order chi connectivity index (χ1) is 10.1.